The number of likely N-dealkylation sites (tertiary alicyclic amines) is 1. The highest BCUT2D eigenvalue weighted by molar-refractivity contribution is 5.90. The molecule has 3 N–H and O–H groups in total. The predicted molar refractivity (Wildman–Crippen MR) is 159 cm³/mol. The molecule has 3 fully saturated rings. The minimum absolute atomic E-state index is 0.0766. The van der Waals surface area contributed by atoms with Gasteiger partial charge in [0.25, 0.3) is 0 Å². The van der Waals surface area contributed by atoms with Gasteiger partial charge >= 0.3 is 0 Å². The van der Waals surface area contributed by atoms with Crippen LogP contribution in [-0.2, 0) is 17.8 Å². The van der Waals surface area contributed by atoms with Crippen molar-refractivity contribution in [3.05, 3.63) is 41.3 Å². The second-order valence-corrected chi connectivity index (χ2v) is 12.3. The summed E-state index contributed by atoms with van der Waals surface area (Å²) in [5, 5.41) is 23.9. The number of amides is 1. The first kappa shape index (κ1) is 27.4. The second kappa shape index (κ2) is 11.3. The van der Waals surface area contributed by atoms with Crippen molar-refractivity contribution in [1.82, 2.24) is 29.7 Å². The summed E-state index contributed by atoms with van der Waals surface area (Å²) in [5.74, 6) is 2.14. The third-order valence-electron chi connectivity index (χ3n) is 9.58. The molecule has 4 aliphatic rings. The zero-order chi connectivity index (χ0) is 28.8. The van der Waals surface area contributed by atoms with E-state index in [1.807, 2.05) is 23.1 Å². The van der Waals surface area contributed by atoms with Crippen molar-refractivity contribution in [2.75, 3.05) is 36.5 Å². The second-order valence-electron chi connectivity index (χ2n) is 12.3. The molecule has 3 aromatic rings. The molecule has 0 aliphatic carbocycles. The molecule has 1 amide bonds. The van der Waals surface area contributed by atoms with Crippen LogP contribution in [0.15, 0.2) is 24.4 Å². The maximum absolute atomic E-state index is 13.4. The zero-order valence-corrected chi connectivity index (χ0v) is 24.2. The first-order valence-corrected chi connectivity index (χ1v) is 15.5. The van der Waals surface area contributed by atoms with E-state index < -0.39 is 6.10 Å². The molecule has 2 atom stereocenters. The molecule has 7 heterocycles. The average Bonchev–Trinajstić information content (AvgIpc) is 3.61. The SMILES string of the molecule is C[C@@H](O)c1cc2cnc(Nc3ccc4c(n3)CCN(C(=O)[C@@H]3CCCCN3CCO)C4)nc2c(N2C3CCC2CC3)n1. The van der Waals surface area contributed by atoms with E-state index in [-0.39, 0.29) is 18.6 Å². The van der Waals surface area contributed by atoms with Gasteiger partial charge in [-0.15, -0.1) is 0 Å². The van der Waals surface area contributed by atoms with E-state index in [0.717, 1.165) is 53.8 Å². The Morgan fingerprint density at radius 1 is 1.07 bits per heavy atom. The van der Waals surface area contributed by atoms with Crippen LogP contribution in [-0.4, -0.2) is 90.2 Å². The molecule has 42 heavy (non-hydrogen) atoms. The van der Waals surface area contributed by atoms with Gasteiger partial charge in [-0.25, -0.2) is 19.9 Å². The molecular weight excluding hydrogens is 532 g/mol. The number of aromatic nitrogens is 4. The van der Waals surface area contributed by atoms with E-state index in [2.05, 4.69) is 20.1 Å². The number of rotatable bonds is 7. The summed E-state index contributed by atoms with van der Waals surface area (Å²) in [6, 6.07) is 6.66. The minimum Gasteiger partial charge on any atom is -0.395 e. The number of β-amino-alcohol motifs (C(OH)–C–C–N with tert-alkyl or cyclic N) is 1. The zero-order valence-electron chi connectivity index (χ0n) is 24.2. The summed E-state index contributed by atoms with van der Waals surface area (Å²) in [5.41, 5.74) is 3.48. The van der Waals surface area contributed by atoms with Crippen molar-refractivity contribution >= 4 is 34.4 Å². The molecular formula is C31H40N8O3. The molecule has 0 unspecified atom stereocenters. The quantitative estimate of drug-likeness (QED) is 0.388. The number of nitrogens with zero attached hydrogens (tertiary/aromatic N) is 7. The summed E-state index contributed by atoms with van der Waals surface area (Å²) in [6.07, 6.45) is 9.49. The van der Waals surface area contributed by atoms with Gasteiger partial charge in [0.2, 0.25) is 11.9 Å². The Bertz CT molecular complexity index is 1460. The summed E-state index contributed by atoms with van der Waals surface area (Å²) in [7, 11) is 0. The lowest BCUT2D eigenvalue weighted by Gasteiger charge is -2.38. The number of hydrogen-bond donors (Lipinski definition) is 3. The van der Waals surface area contributed by atoms with Crippen LogP contribution in [0.25, 0.3) is 10.9 Å². The first-order valence-electron chi connectivity index (χ1n) is 15.5. The molecule has 0 aromatic carbocycles. The van der Waals surface area contributed by atoms with Crippen LogP contribution < -0.4 is 10.2 Å². The van der Waals surface area contributed by atoms with Gasteiger partial charge in [-0.3, -0.25) is 9.69 Å². The third-order valence-corrected chi connectivity index (χ3v) is 9.58. The number of carbonyl (C=O) groups is 1. The minimum atomic E-state index is -0.667. The van der Waals surface area contributed by atoms with Crippen LogP contribution in [0.3, 0.4) is 0 Å². The first-order chi connectivity index (χ1) is 20.5. The highest BCUT2D eigenvalue weighted by Gasteiger charge is 2.41. The van der Waals surface area contributed by atoms with Gasteiger partial charge in [0.1, 0.15) is 11.3 Å². The van der Waals surface area contributed by atoms with Crippen LogP contribution in [0.5, 0.6) is 0 Å². The number of fused-ring (bicyclic) bond motifs is 4. The Hall–Kier alpha value is -3.41. The van der Waals surface area contributed by atoms with Gasteiger partial charge < -0.3 is 25.3 Å². The van der Waals surface area contributed by atoms with E-state index in [1.165, 1.54) is 25.7 Å². The smallest absolute Gasteiger partial charge is 0.240 e. The molecule has 0 spiro atoms. The summed E-state index contributed by atoms with van der Waals surface area (Å²) >= 11 is 0. The fourth-order valence-corrected chi connectivity index (χ4v) is 7.42. The Morgan fingerprint density at radius 2 is 1.88 bits per heavy atom. The normalized spacial score (nSPS) is 24.7. The predicted octanol–water partition coefficient (Wildman–Crippen LogP) is 3.08. The number of nitrogens with one attached hydrogen (secondary N) is 1. The molecule has 11 nitrogen and oxygen atoms in total. The van der Waals surface area contributed by atoms with Crippen LogP contribution in [0.1, 0.15) is 74.9 Å². The number of carbonyl (C=O) groups excluding carboxylic acids is 1. The van der Waals surface area contributed by atoms with E-state index in [1.54, 1.807) is 13.1 Å². The lowest BCUT2D eigenvalue weighted by Crippen LogP contribution is -2.52. The van der Waals surface area contributed by atoms with Crippen LogP contribution in [0.2, 0.25) is 0 Å². The summed E-state index contributed by atoms with van der Waals surface area (Å²) < 4.78 is 0. The molecule has 0 radical (unpaired) electrons. The van der Waals surface area contributed by atoms with Gasteiger partial charge in [-0.1, -0.05) is 12.5 Å². The fourth-order valence-electron chi connectivity index (χ4n) is 7.42. The molecule has 11 heteroatoms. The van der Waals surface area contributed by atoms with Crippen molar-refractivity contribution in [2.45, 2.75) is 89.1 Å². The molecule has 3 saturated heterocycles. The summed E-state index contributed by atoms with van der Waals surface area (Å²) in [6.45, 7) is 4.42. The number of pyridine rings is 2. The number of anilines is 3. The molecule has 7 rings (SSSR count). The van der Waals surface area contributed by atoms with E-state index in [4.69, 9.17) is 15.0 Å². The molecule has 4 aliphatic heterocycles. The van der Waals surface area contributed by atoms with Gasteiger partial charge in [0.15, 0.2) is 5.82 Å². The molecule has 222 valence electrons. The van der Waals surface area contributed by atoms with E-state index >= 15 is 0 Å². The average molecular weight is 573 g/mol. The van der Waals surface area contributed by atoms with Crippen LogP contribution in [0, 0.1) is 0 Å². The Morgan fingerprint density at radius 3 is 2.64 bits per heavy atom. The Balaban J connectivity index is 1.10. The molecule has 0 saturated carbocycles. The maximum atomic E-state index is 13.4. The maximum Gasteiger partial charge on any atom is 0.240 e. The van der Waals surface area contributed by atoms with Crippen molar-refractivity contribution in [1.29, 1.82) is 0 Å². The highest BCUT2D eigenvalue weighted by atomic mass is 16.3. The van der Waals surface area contributed by atoms with Crippen LogP contribution >= 0.6 is 0 Å². The Labute approximate surface area is 246 Å². The topological polar surface area (TPSA) is 131 Å². The van der Waals surface area contributed by atoms with Crippen LogP contribution in [0.4, 0.5) is 17.6 Å². The van der Waals surface area contributed by atoms with Crippen molar-refractivity contribution < 1.29 is 15.0 Å². The lowest BCUT2D eigenvalue weighted by atomic mass is 9.98. The van der Waals surface area contributed by atoms with E-state index in [9.17, 15) is 15.0 Å². The molecule has 2 bridgehead atoms. The van der Waals surface area contributed by atoms with Crippen molar-refractivity contribution in [2.24, 2.45) is 0 Å². The monoisotopic (exact) mass is 572 g/mol. The van der Waals surface area contributed by atoms with Gasteiger partial charge in [0.05, 0.1) is 24.4 Å². The number of piperidine rings is 1. The number of hydrogen-bond acceptors (Lipinski definition) is 10. The summed E-state index contributed by atoms with van der Waals surface area (Å²) in [4.78, 5) is 39.2. The third kappa shape index (κ3) is 5.07. The van der Waals surface area contributed by atoms with Gasteiger partial charge in [-0.2, -0.15) is 0 Å². The van der Waals surface area contributed by atoms with Gasteiger partial charge in [-0.05, 0) is 69.7 Å². The fraction of sp³-hybridized carbons (Fsp3) is 0.581. The van der Waals surface area contributed by atoms with E-state index in [0.29, 0.717) is 55.6 Å². The number of aliphatic hydroxyl groups is 2. The van der Waals surface area contributed by atoms with Crippen molar-refractivity contribution in [3.63, 3.8) is 0 Å². The lowest BCUT2D eigenvalue weighted by molar-refractivity contribution is -0.139. The Kier molecular flexibility index (Phi) is 7.41. The van der Waals surface area contributed by atoms with Crippen molar-refractivity contribution in [3.8, 4) is 0 Å². The highest BCUT2D eigenvalue weighted by Crippen LogP contribution is 2.42. The standard InChI is InChI=1S/C31H40N8O3/c1-19(41)25-16-21-17-32-31(36-28(21)29(34-25)39-22-6-7-23(39)9-8-22)35-27-10-5-20-18-38(13-11-24(20)33-27)30(42)26-4-2-3-12-37(26)14-15-40/h5,10,16-17,19,22-23,26,40-41H,2-4,6-9,11-15,18H2,1H3,(H,32,33,35,36)/t19-,22?,23?,26+/m1/s1. The molecule has 3 aromatic heterocycles. The van der Waals surface area contributed by atoms with Gasteiger partial charge in [0, 0.05) is 55.4 Å². The largest absolute Gasteiger partial charge is 0.395 e. The number of aliphatic hydroxyl groups excluding tert-OH is 2.